The Morgan fingerprint density at radius 1 is 1.04 bits per heavy atom. The monoisotopic (exact) mass is 357 g/mol. The van der Waals surface area contributed by atoms with Crippen LogP contribution in [0.1, 0.15) is 25.0 Å². The summed E-state index contributed by atoms with van der Waals surface area (Å²) in [6, 6.07) is 14.6. The molecule has 1 N–H and O–H groups in total. The number of carbonyl (C=O) groups is 1. The van der Waals surface area contributed by atoms with Crippen molar-refractivity contribution in [1.29, 1.82) is 0 Å². The summed E-state index contributed by atoms with van der Waals surface area (Å²) in [5.74, 6) is -0.249. The molecule has 4 nitrogen and oxygen atoms in total. The van der Waals surface area contributed by atoms with E-state index in [0.717, 1.165) is 11.3 Å². The Hall–Kier alpha value is -2.56. The predicted molar refractivity (Wildman–Crippen MR) is 105 cm³/mol. The van der Waals surface area contributed by atoms with Crippen LogP contribution in [-0.2, 0) is 12.0 Å². The van der Waals surface area contributed by atoms with Gasteiger partial charge in [-0.3, -0.25) is 0 Å². The summed E-state index contributed by atoms with van der Waals surface area (Å²) in [7, 11) is 5.74. The van der Waals surface area contributed by atoms with E-state index in [0.29, 0.717) is 18.7 Å². The third kappa shape index (κ3) is 4.97. The normalized spacial score (nSPS) is 11.2. The molecule has 26 heavy (non-hydrogen) atoms. The lowest BCUT2D eigenvalue weighted by atomic mass is 9.84. The van der Waals surface area contributed by atoms with Crippen molar-refractivity contribution in [2.75, 3.05) is 32.6 Å². The van der Waals surface area contributed by atoms with Gasteiger partial charge < -0.3 is 15.1 Å². The second-order valence-electron chi connectivity index (χ2n) is 7.44. The van der Waals surface area contributed by atoms with E-state index in [1.165, 1.54) is 6.07 Å². The topological polar surface area (TPSA) is 35.6 Å². The first-order valence-corrected chi connectivity index (χ1v) is 8.71. The molecule has 0 atom stereocenters. The highest BCUT2D eigenvalue weighted by molar-refractivity contribution is 5.74. The van der Waals surface area contributed by atoms with Crippen LogP contribution in [-0.4, -0.2) is 38.6 Å². The maximum Gasteiger partial charge on any atom is 0.317 e. The minimum absolute atomic E-state index is 0.175. The van der Waals surface area contributed by atoms with Crippen LogP contribution in [0, 0.1) is 5.82 Å². The van der Waals surface area contributed by atoms with Gasteiger partial charge >= 0.3 is 6.03 Å². The molecule has 2 aromatic rings. The molecule has 0 fully saturated rings. The zero-order valence-corrected chi connectivity index (χ0v) is 16.2. The Morgan fingerprint density at radius 2 is 1.65 bits per heavy atom. The minimum atomic E-state index is -0.491. The Morgan fingerprint density at radius 3 is 2.23 bits per heavy atom. The van der Waals surface area contributed by atoms with Crippen molar-refractivity contribution in [2.24, 2.45) is 0 Å². The zero-order chi connectivity index (χ0) is 19.3. The lowest BCUT2D eigenvalue weighted by Gasteiger charge is -2.27. The summed E-state index contributed by atoms with van der Waals surface area (Å²) in [5, 5.41) is 2.91. The average Bonchev–Trinajstić information content (AvgIpc) is 2.60. The van der Waals surface area contributed by atoms with E-state index in [2.05, 4.69) is 5.32 Å². The van der Waals surface area contributed by atoms with E-state index in [9.17, 15) is 9.18 Å². The van der Waals surface area contributed by atoms with Gasteiger partial charge in [0.15, 0.2) is 0 Å². The molecule has 2 rings (SSSR count). The van der Waals surface area contributed by atoms with Gasteiger partial charge in [0.25, 0.3) is 0 Å². The fourth-order valence-electron chi connectivity index (χ4n) is 2.78. The van der Waals surface area contributed by atoms with Gasteiger partial charge in [-0.25, -0.2) is 9.18 Å². The smallest absolute Gasteiger partial charge is 0.317 e. The summed E-state index contributed by atoms with van der Waals surface area (Å²) in [5.41, 5.74) is 2.28. The summed E-state index contributed by atoms with van der Waals surface area (Å²) in [4.78, 5) is 16.1. The molecule has 0 spiro atoms. The molecule has 0 radical (unpaired) electrons. The van der Waals surface area contributed by atoms with Gasteiger partial charge in [-0.15, -0.1) is 0 Å². The molecule has 0 saturated carbocycles. The van der Waals surface area contributed by atoms with Gasteiger partial charge in [-0.1, -0.05) is 44.2 Å². The van der Waals surface area contributed by atoms with Crippen molar-refractivity contribution in [2.45, 2.75) is 25.8 Å². The number of halogens is 1. The molecule has 0 aliphatic carbocycles. The van der Waals surface area contributed by atoms with Crippen LogP contribution in [0.15, 0.2) is 48.5 Å². The molecule has 0 heterocycles. The SMILES string of the molecule is CN(Cc1ccc(N(C)C)cc1)C(=O)NCC(C)(C)c1ccccc1F. The maximum atomic E-state index is 14.0. The molecule has 0 aromatic heterocycles. The number of hydrogen-bond donors (Lipinski definition) is 1. The fraction of sp³-hybridized carbons (Fsp3) is 0.381. The minimum Gasteiger partial charge on any atom is -0.378 e. The first kappa shape index (κ1) is 19.8. The first-order chi connectivity index (χ1) is 12.2. The highest BCUT2D eigenvalue weighted by Gasteiger charge is 2.25. The number of benzene rings is 2. The highest BCUT2D eigenvalue weighted by atomic mass is 19.1. The molecule has 0 bridgehead atoms. The summed E-state index contributed by atoms with van der Waals surface area (Å²) in [6.07, 6.45) is 0. The highest BCUT2D eigenvalue weighted by Crippen LogP contribution is 2.24. The van der Waals surface area contributed by atoms with Crippen LogP contribution < -0.4 is 10.2 Å². The lowest BCUT2D eigenvalue weighted by Crippen LogP contribution is -2.43. The van der Waals surface area contributed by atoms with Gasteiger partial charge in [-0.05, 0) is 29.3 Å². The van der Waals surface area contributed by atoms with Crippen LogP contribution in [0.2, 0.25) is 0 Å². The quantitative estimate of drug-likeness (QED) is 0.848. The first-order valence-electron chi connectivity index (χ1n) is 8.71. The summed E-state index contributed by atoms with van der Waals surface area (Å²) >= 11 is 0. The number of nitrogens with zero attached hydrogens (tertiary/aromatic N) is 2. The molecule has 2 amide bonds. The third-order valence-corrected chi connectivity index (χ3v) is 4.50. The van der Waals surface area contributed by atoms with Crippen molar-refractivity contribution in [3.63, 3.8) is 0 Å². The molecule has 0 aliphatic heterocycles. The van der Waals surface area contributed by atoms with Crippen molar-refractivity contribution in [3.8, 4) is 0 Å². The van der Waals surface area contributed by atoms with Crippen LogP contribution in [0.5, 0.6) is 0 Å². The van der Waals surface area contributed by atoms with Crippen LogP contribution in [0.25, 0.3) is 0 Å². The molecular weight excluding hydrogens is 329 g/mol. The van der Waals surface area contributed by atoms with Crippen molar-refractivity contribution in [1.82, 2.24) is 10.2 Å². The Kier molecular flexibility index (Phi) is 6.24. The fourth-order valence-corrected chi connectivity index (χ4v) is 2.78. The third-order valence-electron chi connectivity index (χ3n) is 4.50. The Labute approximate surface area is 155 Å². The van der Waals surface area contributed by atoms with Gasteiger partial charge in [-0.2, -0.15) is 0 Å². The maximum absolute atomic E-state index is 14.0. The number of urea groups is 1. The standard InChI is InChI=1S/C21H28FN3O/c1-21(2,18-8-6-7-9-19(18)22)15-23-20(26)25(5)14-16-10-12-17(13-11-16)24(3)4/h6-13H,14-15H2,1-5H3,(H,23,26). The number of amides is 2. The summed E-state index contributed by atoms with van der Waals surface area (Å²) in [6.45, 7) is 4.72. The van der Waals surface area contributed by atoms with Crippen LogP contribution in [0.4, 0.5) is 14.9 Å². The van der Waals surface area contributed by atoms with Gasteiger partial charge in [0.05, 0.1) is 0 Å². The number of anilines is 1. The lowest BCUT2D eigenvalue weighted by molar-refractivity contribution is 0.204. The van der Waals surface area contributed by atoms with Gasteiger partial charge in [0, 0.05) is 45.3 Å². The molecule has 140 valence electrons. The Balaban J connectivity index is 1.93. The average molecular weight is 357 g/mol. The molecule has 0 saturated heterocycles. The number of rotatable bonds is 6. The summed E-state index contributed by atoms with van der Waals surface area (Å²) < 4.78 is 14.0. The van der Waals surface area contributed by atoms with E-state index in [-0.39, 0.29) is 11.8 Å². The van der Waals surface area contributed by atoms with Crippen LogP contribution in [0.3, 0.4) is 0 Å². The second kappa shape index (κ2) is 8.21. The predicted octanol–water partition coefficient (Wildman–Crippen LogP) is 4.01. The van der Waals surface area contributed by atoms with Crippen LogP contribution >= 0.6 is 0 Å². The van der Waals surface area contributed by atoms with Crippen molar-refractivity contribution >= 4 is 11.7 Å². The van der Waals surface area contributed by atoms with E-state index >= 15 is 0 Å². The van der Waals surface area contributed by atoms with E-state index in [1.54, 1.807) is 24.1 Å². The van der Waals surface area contributed by atoms with E-state index < -0.39 is 5.41 Å². The molecular formula is C21H28FN3O. The number of hydrogen-bond acceptors (Lipinski definition) is 2. The molecule has 0 unspecified atom stereocenters. The second-order valence-corrected chi connectivity index (χ2v) is 7.44. The van der Waals surface area contributed by atoms with E-state index in [4.69, 9.17) is 0 Å². The Bertz CT molecular complexity index is 741. The molecule has 5 heteroatoms. The van der Waals surface area contributed by atoms with E-state index in [1.807, 2.05) is 63.2 Å². The molecule has 0 aliphatic rings. The van der Waals surface area contributed by atoms with Gasteiger partial charge in [0.2, 0.25) is 0 Å². The molecule has 2 aromatic carbocycles. The van der Waals surface area contributed by atoms with Gasteiger partial charge in [0.1, 0.15) is 5.82 Å². The zero-order valence-electron chi connectivity index (χ0n) is 16.2. The number of nitrogens with one attached hydrogen (secondary N) is 1. The van der Waals surface area contributed by atoms with Crippen molar-refractivity contribution in [3.05, 3.63) is 65.5 Å². The van der Waals surface area contributed by atoms with Crippen molar-refractivity contribution < 1.29 is 9.18 Å². The largest absolute Gasteiger partial charge is 0.378 e. The number of carbonyl (C=O) groups excluding carboxylic acids is 1.